The molecule has 0 radical (unpaired) electrons. The standard InChI is InChI=1S/C15H19NO2S/c1-10(7-13-5-3-11(2)19-13)16-9-12-4-6-14(17)15(18)8-12/h3-6,8,10,16-18H,7,9H2,1-2H3. The van der Waals surface area contributed by atoms with Gasteiger partial charge in [0.1, 0.15) is 0 Å². The zero-order valence-corrected chi connectivity index (χ0v) is 12.0. The maximum absolute atomic E-state index is 9.43. The first-order chi connectivity index (χ1) is 9.04. The molecule has 1 heterocycles. The maximum Gasteiger partial charge on any atom is 0.157 e. The van der Waals surface area contributed by atoms with E-state index in [1.807, 2.05) is 17.4 Å². The number of aryl methyl sites for hydroxylation is 1. The summed E-state index contributed by atoms with van der Waals surface area (Å²) in [4.78, 5) is 2.72. The largest absolute Gasteiger partial charge is 0.504 e. The Morgan fingerprint density at radius 1 is 1.16 bits per heavy atom. The van der Waals surface area contributed by atoms with Crippen molar-refractivity contribution in [3.05, 3.63) is 45.6 Å². The van der Waals surface area contributed by atoms with Gasteiger partial charge in [-0.2, -0.15) is 0 Å². The van der Waals surface area contributed by atoms with Gasteiger partial charge in [0.2, 0.25) is 0 Å². The SMILES string of the molecule is Cc1ccc(CC(C)NCc2ccc(O)c(O)c2)s1. The first kappa shape index (κ1) is 13.9. The number of aromatic hydroxyl groups is 2. The molecular weight excluding hydrogens is 258 g/mol. The molecule has 0 aliphatic heterocycles. The van der Waals surface area contributed by atoms with Crippen LogP contribution in [-0.2, 0) is 13.0 Å². The average molecular weight is 277 g/mol. The summed E-state index contributed by atoms with van der Waals surface area (Å²) in [6.07, 6.45) is 1.00. The highest BCUT2D eigenvalue weighted by atomic mass is 32.1. The summed E-state index contributed by atoms with van der Waals surface area (Å²) in [5.41, 5.74) is 0.963. The van der Waals surface area contributed by atoms with Gasteiger partial charge in [0.15, 0.2) is 11.5 Å². The van der Waals surface area contributed by atoms with Crippen LogP contribution in [0.3, 0.4) is 0 Å². The van der Waals surface area contributed by atoms with Crippen LogP contribution in [0.4, 0.5) is 0 Å². The molecule has 1 atom stereocenters. The Morgan fingerprint density at radius 2 is 1.95 bits per heavy atom. The molecule has 2 rings (SSSR count). The number of hydrogen-bond donors (Lipinski definition) is 3. The molecule has 1 aromatic heterocycles. The molecule has 0 fully saturated rings. The predicted molar refractivity (Wildman–Crippen MR) is 78.8 cm³/mol. The zero-order valence-electron chi connectivity index (χ0n) is 11.2. The van der Waals surface area contributed by atoms with Crippen molar-refractivity contribution in [2.45, 2.75) is 32.9 Å². The summed E-state index contributed by atoms with van der Waals surface area (Å²) in [6, 6.07) is 9.59. The Bertz CT molecular complexity index is 551. The molecule has 0 bridgehead atoms. The summed E-state index contributed by atoms with van der Waals surface area (Å²) in [6.45, 7) is 4.94. The van der Waals surface area contributed by atoms with Gasteiger partial charge in [-0.1, -0.05) is 6.07 Å². The number of phenols is 2. The first-order valence-corrected chi connectivity index (χ1v) is 7.16. The van der Waals surface area contributed by atoms with E-state index in [0.717, 1.165) is 12.0 Å². The summed E-state index contributed by atoms with van der Waals surface area (Å²) in [5.74, 6) is -0.147. The van der Waals surface area contributed by atoms with Gasteiger partial charge in [0.25, 0.3) is 0 Å². The summed E-state index contributed by atoms with van der Waals surface area (Å²) in [7, 11) is 0. The van der Waals surface area contributed by atoms with Gasteiger partial charge >= 0.3 is 0 Å². The molecule has 1 aromatic carbocycles. The lowest BCUT2D eigenvalue weighted by molar-refractivity contribution is 0.402. The molecule has 0 saturated heterocycles. The highest BCUT2D eigenvalue weighted by molar-refractivity contribution is 7.11. The van der Waals surface area contributed by atoms with E-state index in [4.69, 9.17) is 0 Å². The molecular formula is C15H19NO2S. The Labute approximate surface area is 117 Å². The van der Waals surface area contributed by atoms with Crippen LogP contribution in [0.2, 0.25) is 0 Å². The van der Waals surface area contributed by atoms with Gasteiger partial charge in [-0.05, 0) is 50.1 Å². The lowest BCUT2D eigenvalue weighted by Gasteiger charge is -2.13. The highest BCUT2D eigenvalue weighted by Gasteiger charge is 2.06. The van der Waals surface area contributed by atoms with Crippen LogP contribution >= 0.6 is 11.3 Å². The lowest BCUT2D eigenvalue weighted by atomic mass is 10.1. The molecule has 3 nitrogen and oxygen atoms in total. The number of benzene rings is 1. The number of hydrogen-bond acceptors (Lipinski definition) is 4. The molecule has 0 aliphatic rings. The van der Waals surface area contributed by atoms with Crippen molar-refractivity contribution in [1.82, 2.24) is 5.32 Å². The van der Waals surface area contributed by atoms with Gasteiger partial charge in [-0.3, -0.25) is 0 Å². The summed E-state index contributed by atoms with van der Waals surface area (Å²) >= 11 is 1.83. The van der Waals surface area contributed by atoms with Crippen LogP contribution in [0.1, 0.15) is 22.2 Å². The van der Waals surface area contributed by atoms with Gasteiger partial charge in [0, 0.05) is 22.3 Å². The van der Waals surface area contributed by atoms with Crippen molar-refractivity contribution in [2.24, 2.45) is 0 Å². The second-order valence-corrected chi connectivity index (χ2v) is 6.19. The number of phenolic OH excluding ortho intramolecular Hbond substituents is 2. The smallest absolute Gasteiger partial charge is 0.157 e. The van der Waals surface area contributed by atoms with Crippen LogP contribution in [-0.4, -0.2) is 16.3 Å². The van der Waals surface area contributed by atoms with Crippen molar-refractivity contribution in [3.8, 4) is 11.5 Å². The average Bonchev–Trinajstić information content (AvgIpc) is 2.76. The highest BCUT2D eigenvalue weighted by Crippen LogP contribution is 2.24. The first-order valence-electron chi connectivity index (χ1n) is 6.34. The Hall–Kier alpha value is -1.52. The quantitative estimate of drug-likeness (QED) is 0.736. The lowest BCUT2D eigenvalue weighted by Crippen LogP contribution is -2.27. The van der Waals surface area contributed by atoms with E-state index in [9.17, 15) is 10.2 Å². The Morgan fingerprint density at radius 3 is 2.58 bits per heavy atom. The molecule has 19 heavy (non-hydrogen) atoms. The molecule has 3 N–H and O–H groups in total. The van der Waals surface area contributed by atoms with Crippen LogP contribution in [0, 0.1) is 6.92 Å². The minimum Gasteiger partial charge on any atom is -0.504 e. The minimum atomic E-state index is -0.0779. The van der Waals surface area contributed by atoms with E-state index in [1.165, 1.54) is 15.8 Å². The van der Waals surface area contributed by atoms with Crippen molar-refractivity contribution in [2.75, 3.05) is 0 Å². The van der Waals surface area contributed by atoms with Crippen LogP contribution in [0.5, 0.6) is 11.5 Å². The molecule has 4 heteroatoms. The summed E-state index contributed by atoms with van der Waals surface area (Å²) < 4.78 is 0. The van der Waals surface area contributed by atoms with Crippen LogP contribution in [0.15, 0.2) is 30.3 Å². The predicted octanol–water partition coefficient (Wildman–Crippen LogP) is 3.19. The number of thiophene rings is 1. The second-order valence-electron chi connectivity index (χ2n) is 4.82. The van der Waals surface area contributed by atoms with Gasteiger partial charge in [-0.25, -0.2) is 0 Å². The Balaban J connectivity index is 1.86. The van der Waals surface area contributed by atoms with Gasteiger partial charge in [-0.15, -0.1) is 11.3 Å². The number of rotatable bonds is 5. The monoisotopic (exact) mass is 277 g/mol. The van der Waals surface area contributed by atoms with E-state index in [0.29, 0.717) is 12.6 Å². The fraction of sp³-hybridized carbons (Fsp3) is 0.333. The topological polar surface area (TPSA) is 52.5 Å². The molecule has 1 unspecified atom stereocenters. The number of nitrogens with one attached hydrogen (secondary N) is 1. The summed E-state index contributed by atoms with van der Waals surface area (Å²) in [5, 5.41) is 22.1. The van der Waals surface area contributed by atoms with Crippen molar-refractivity contribution in [3.63, 3.8) is 0 Å². The molecule has 102 valence electrons. The third-order valence-corrected chi connectivity index (χ3v) is 4.02. The van der Waals surface area contributed by atoms with E-state index >= 15 is 0 Å². The van der Waals surface area contributed by atoms with Crippen molar-refractivity contribution in [1.29, 1.82) is 0 Å². The third-order valence-electron chi connectivity index (χ3n) is 3.00. The van der Waals surface area contributed by atoms with Crippen LogP contribution < -0.4 is 5.32 Å². The fourth-order valence-electron chi connectivity index (χ4n) is 1.94. The van der Waals surface area contributed by atoms with E-state index in [-0.39, 0.29) is 11.5 Å². The van der Waals surface area contributed by atoms with Gasteiger partial charge in [0.05, 0.1) is 0 Å². The zero-order chi connectivity index (χ0) is 13.8. The Kier molecular flexibility index (Phi) is 4.45. The van der Waals surface area contributed by atoms with E-state index in [1.54, 1.807) is 6.07 Å². The molecule has 0 saturated carbocycles. The van der Waals surface area contributed by atoms with Gasteiger partial charge < -0.3 is 15.5 Å². The van der Waals surface area contributed by atoms with Crippen molar-refractivity contribution >= 4 is 11.3 Å². The normalized spacial score (nSPS) is 12.5. The van der Waals surface area contributed by atoms with E-state index < -0.39 is 0 Å². The fourth-order valence-corrected chi connectivity index (χ4v) is 2.96. The third kappa shape index (κ3) is 3.98. The molecule has 0 aliphatic carbocycles. The molecule has 2 aromatic rings. The minimum absolute atomic E-state index is 0.0687. The maximum atomic E-state index is 9.43. The molecule has 0 amide bonds. The van der Waals surface area contributed by atoms with E-state index in [2.05, 4.69) is 31.3 Å². The second kappa shape index (κ2) is 6.08. The van der Waals surface area contributed by atoms with Crippen LogP contribution in [0.25, 0.3) is 0 Å². The van der Waals surface area contributed by atoms with Crippen molar-refractivity contribution < 1.29 is 10.2 Å². The molecule has 0 spiro atoms.